The number of carbonyl (C=O) groups excluding carboxylic acids is 1. The second-order valence-corrected chi connectivity index (χ2v) is 14.8. The number of carbonyl (C=O) groups is 1. The molecule has 3 aromatic heterocycles. The van der Waals surface area contributed by atoms with E-state index in [9.17, 15) is 9.59 Å². The smallest absolute Gasteiger partial charge is 0.394 e. The van der Waals surface area contributed by atoms with Crippen LogP contribution in [0.3, 0.4) is 0 Å². The molecular formula is C41H46FN5O12S. The Morgan fingerprint density at radius 3 is 2.37 bits per heavy atom. The molecule has 19 heteroatoms. The highest BCUT2D eigenvalue weighted by Gasteiger charge is 2.22. The minimum atomic E-state index is -4.67. The predicted octanol–water partition coefficient (Wildman–Crippen LogP) is 4.67. The van der Waals surface area contributed by atoms with Gasteiger partial charge in [0.1, 0.15) is 29.9 Å². The molecule has 0 saturated carbocycles. The van der Waals surface area contributed by atoms with Crippen LogP contribution in [0.4, 0.5) is 15.9 Å². The van der Waals surface area contributed by atoms with Crippen LogP contribution in [0.25, 0.3) is 33.5 Å². The number of benzene rings is 2. The quantitative estimate of drug-likeness (QED) is 0.132. The summed E-state index contributed by atoms with van der Waals surface area (Å²) >= 11 is 0. The van der Waals surface area contributed by atoms with Gasteiger partial charge in [-0.05, 0) is 79.3 Å². The van der Waals surface area contributed by atoms with Crippen molar-refractivity contribution in [3.63, 3.8) is 0 Å². The standard InChI is InChI=1S/C41H42FN5O7.H2O4S.H2O/c1-25-3-7-36(44-18-25)33-21-47(20-26-9-11-51-12-10-26)22-34(39(33)48)41(49)46-29-5-6-31(35(42)17-29)32-15-28(19-45-40(32)43)27-4-8-37(38(16-27)50-2)54-24-30-23-52-13-14-53-30;1-5(2,3)4;/h3-8,15-19,21-22,26,30H,9-14,20,23-24H2,1-2H3,(H2,43,45)(H,46,49);(H2,1,2,3,4);1H2/t30-;;/m1../s1. The minimum absolute atomic E-state index is 0. The van der Waals surface area contributed by atoms with Gasteiger partial charge >= 0.3 is 10.4 Å². The van der Waals surface area contributed by atoms with Crippen molar-refractivity contribution in [1.82, 2.24) is 14.5 Å². The molecule has 0 aliphatic carbocycles. The molecule has 2 fully saturated rings. The van der Waals surface area contributed by atoms with Gasteiger partial charge in [0.05, 0.1) is 38.2 Å². The van der Waals surface area contributed by atoms with Crippen LogP contribution in [-0.2, 0) is 31.2 Å². The van der Waals surface area contributed by atoms with Crippen molar-refractivity contribution in [3.05, 3.63) is 107 Å². The van der Waals surface area contributed by atoms with Gasteiger partial charge in [-0.1, -0.05) is 12.1 Å². The Morgan fingerprint density at radius 2 is 1.70 bits per heavy atom. The number of hydrogen-bond acceptors (Lipinski definition) is 12. The molecule has 0 spiro atoms. The molecule has 0 radical (unpaired) electrons. The molecule has 0 bridgehead atoms. The van der Waals surface area contributed by atoms with Gasteiger partial charge in [-0.3, -0.25) is 23.7 Å². The third-order valence-corrected chi connectivity index (χ3v) is 9.56. The zero-order valence-electron chi connectivity index (χ0n) is 32.8. The molecule has 2 aromatic carbocycles. The molecule has 320 valence electrons. The maximum atomic E-state index is 15.9. The largest absolute Gasteiger partial charge is 0.493 e. The van der Waals surface area contributed by atoms with Crippen molar-refractivity contribution in [3.8, 4) is 45.0 Å². The van der Waals surface area contributed by atoms with Crippen LogP contribution in [-0.4, -0.2) is 96.3 Å². The topological polar surface area (TPSA) is 255 Å². The van der Waals surface area contributed by atoms with Gasteiger partial charge in [0.15, 0.2) is 11.5 Å². The van der Waals surface area contributed by atoms with E-state index in [1.54, 1.807) is 62.2 Å². The molecule has 5 aromatic rings. The van der Waals surface area contributed by atoms with E-state index in [2.05, 4.69) is 15.3 Å². The summed E-state index contributed by atoms with van der Waals surface area (Å²) in [5, 5.41) is 2.72. The van der Waals surface area contributed by atoms with E-state index >= 15 is 4.39 Å². The van der Waals surface area contributed by atoms with Crippen molar-refractivity contribution in [1.29, 1.82) is 0 Å². The first kappa shape index (κ1) is 45.3. The van der Waals surface area contributed by atoms with Gasteiger partial charge in [0.25, 0.3) is 5.91 Å². The number of pyridine rings is 3. The van der Waals surface area contributed by atoms with Crippen molar-refractivity contribution in [2.75, 3.05) is 57.8 Å². The first-order chi connectivity index (χ1) is 28.2. The van der Waals surface area contributed by atoms with Crippen molar-refractivity contribution < 1.29 is 55.9 Å². The van der Waals surface area contributed by atoms with Gasteiger partial charge in [0.2, 0.25) is 5.43 Å². The average Bonchev–Trinajstić information content (AvgIpc) is 3.21. The molecule has 7 N–H and O–H groups in total. The number of amides is 1. The van der Waals surface area contributed by atoms with Crippen LogP contribution in [0, 0.1) is 18.7 Å². The van der Waals surface area contributed by atoms with Crippen LogP contribution in [0.5, 0.6) is 11.5 Å². The van der Waals surface area contributed by atoms with Crippen molar-refractivity contribution in [2.24, 2.45) is 5.92 Å². The zero-order valence-corrected chi connectivity index (χ0v) is 33.6. The Balaban J connectivity index is 0.00000107. The summed E-state index contributed by atoms with van der Waals surface area (Å²) in [6, 6.07) is 15.1. The summed E-state index contributed by atoms with van der Waals surface area (Å²) in [7, 11) is -3.12. The number of nitrogens with two attached hydrogens (primary N) is 1. The Labute approximate surface area is 345 Å². The number of anilines is 2. The molecule has 7 rings (SSSR count). The first-order valence-electron chi connectivity index (χ1n) is 18.6. The summed E-state index contributed by atoms with van der Waals surface area (Å²) in [4.78, 5) is 36.2. The van der Waals surface area contributed by atoms with Gasteiger partial charge in [-0.25, -0.2) is 9.37 Å². The fourth-order valence-corrected chi connectivity index (χ4v) is 6.58. The number of rotatable bonds is 11. The summed E-state index contributed by atoms with van der Waals surface area (Å²) in [5.41, 5.74) is 9.58. The van der Waals surface area contributed by atoms with E-state index < -0.39 is 27.6 Å². The van der Waals surface area contributed by atoms with E-state index in [1.807, 2.05) is 23.6 Å². The second kappa shape index (κ2) is 20.4. The van der Waals surface area contributed by atoms with Gasteiger partial charge in [-0.2, -0.15) is 8.42 Å². The van der Waals surface area contributed by atoms with Crippen LogP contribution in [0.15, 0.2) is 84.2 Å². The highest BCUT2D eigenvalue weighted by Crippen LogP contribution is 2.36. The maximum Gasteiger partial charge on any atom is 0.394 e. The number of hydrogen-bond donors (Lipinski definition) is 4. The number of methoxy groups -OCH3 is 1. The lowest BCUT2D eigenvalue weighted by atomic mass is 9.99. The molecule has 2 saturated heterocycles. The molecule has 17 nitrogen and oxygen atoms in total. The highest BCUT2D eigenvalue weighted by atomic mass is 32.3. The second-order valence-electron chi connectivity index (χ2n) is 13.9. The summed E-state index contributed by atoms with van der Waals surface area (Å²) in [6.07, 6.45) is 8.17. The highest BCUT2D eigenvalue weighted by molar-refractivity contribution is 7.79. The molecule has 60 heavy (non-hydrogen) atoms. The zero-order chi connectivity index (χ0) is 42.1. The van der Waals surface area contributed by atoms with Crippen LogP contribution < -0.4 is 26.0 Å². The Hall–Kier alpha value is -5.80. The van der Waals surface area contributed by atoms with Crippen LogP contribution >= 0.6 is 0 Å². The lowest BCUT2D eigenvalue weighted by Crippen LogP contribution is -2.33. The number of nitrogen functional groups attached to an aromatic ring is 1. The van der Waals surface area contributed by atoms with Crippen LogP contribution in [0.2, 0.25) is 0 Å². The number of nitrogens with zero attached hydrogens (tertiary/aromatic N) is 3. The molecule has 1 atom stereocenters. The number of aryl methyl sites for hydroxylation is 1. The predicted molar refractivity (Wildman–Crippen MR) is 220 cm³/mol. The third kappa shape index (κ3) is 12.1. The summed E-state index contributed by atoms with van der Waals surface area (Å²) < 4.78 is 77.5. The Kier molecular flexibility index (Phi) is 15.4. The Morgan fingerprint density at radius 1 is 0.933 bits per heavy atom. The molecule has 2 aliphatic rings. The molecular weight excluding hydrogens is 806 g/mol. The number of halogens is 1. The van der Waals surface area contributed by atoms with Crippen molar-refractivity contribution in [2.45, 2.75) is 32.4 Å². The van der Waals surface area contributed by atoms with E-state index in [-0.39, 0.29) is 34.2 Å². The van der Waals surface area contributed by atoms with E-state index in [1.165, 1.54) is 12.1 Å². The Bertz CT molecular complexity index is 2430. The average molecular weight is 852 g/mol. The fourth-order valence-electron chi connectivity index (χ4n) is 6.58. The van der Waals surface area contributed by atoms with Gasteiger partial charge in [-0.15, -0.1) is 0 Å². The molecule has 5 heterocycles. The van der Waals surface area contributed by atoms with E-state index in [4.69, 9.17) is 46.9 Å². The maximum absolute atomic E-state index is 15.9. The normalized spacial score (nSPS) is 15.5. The number of nitrogens with one attached hydrogen (secondary N) is 1. The number of ether oxygens (including phenoxy) is 5. The minimum Gasteiger partial charge on any atom is -0.493 e. The summed E-state index contributed by atoms with van der Waals surface area (Å²) in [5.74, 6) is 0.206. The van der Waals surface area contributed by atoms with E-state index in [0.29, 0.717) is 86.0 Å². The third-order valence-electron chi connectivity index (χ3n) is 9.56. The number of aromatic nitrogens is 3. The van der Waals surface area contributed by atoms with Gasteiger partial charge < -0.3 is 44.8 Å². The lowest BCUT2D eigenvalue weighted by Gasteiger charge is -2.23. The van der Waals surface area contributed by atoms with Gasteiger partial charge in [0, 0.05) is 66.9 Å². The monoisotopic (exact) mass is 851 g/mol. The molecule has 0 unspecified atom stereocenters. The molecule has 2 aliphatic heterocycles. The lowest BCUT2D eigenvalue weighted by molar-refractivity contribution is -0.101. The fraction of sp³-hybridized carbons (Fsp3) is 0.317. The SMILES string of the molecule is COc1cc(-c2cnc(N)c(-c3ccc(NC(=O)c4cn(CC5CCOCC5)cc(-c5ccc(C)cn5)c4=O)cc3F)c2)ccc1OC[C@H]1COCCO1.O.O=S(=O)(O)O. The molecule has 1 amide bonds. The van der Waals surface area contributed by atoms with E-state index in [0.717, 1.165) is 24.0 Å². The first-order valence-corrected chi connectivity index (χ1v) is 20.0. The summed E-state index contributed by atoms with van der Waals surface area (Å²) in [6.45, 7) is 5.72. The van der Waals surface area contributed by atoms with Crippen LogP contribution in [0.1, 0.15) is 28.8 Å². The van der Waals surface area contributed by atoms with Crippen molar-refractivity contribution >= 4 is 27.8 Å².